The Balaban J connectivity index is 1.86. The minimum atomic E-state index is -4.09. The maximum absolute atomic E-state index is 11.6. The van der Waals surface area contributed by atoms with Crippen LogP contribution in [0.25, 0.3) is 0 Å². The van der Waals surface area contributed by atoms with E-state index in [-0.39, 0.29) is 0 Å². The van der Waals surface area contributed by atoms with E-state index in [1.165, 1.54) is 25.7 Å². The molecule has 0 saturated heterocycles. The van der Waals surface area contributed by atoms with E-state index in [4.69, 9.17) is 0 Å². The van der Waals surface area contributed by atoms with E-state index in [0.29, 0.717) is 13.0 Å². The molecule has 1 unspecified atom stereocenters. The van der Waals surface area contributed by atoms with Gasteiger partial charge in [0.15, 0.2) is 4.87 Å². The highest BCUT2D eigenvalue weighted by molar-refractivity contribution is 7.87. The zero-order valence-electron chi connectivity index (χ0n) is 11.5. The van der Waals surface area contributed by atoms with Crippen LogP contribution in [0.1, 0.15) is 51.9 Å². The van der Waals surface area contributed by atoms with Gasteiger partial charge in [0.2, 0.25) is 0 Å². The molecule has 0 spiro atoms. The normalized spacial score (nSPS) is 25.2. The first kappa shape index (κ1) is 14.6. The molecule has 0 aromatic heterocycles. The summed E-state index contributed by atoms with van der Waals surface area (Å²) in [5, 5.41) is 0. The van der Waals surface area contributed by atoms with Crippen LogP contribution in [0.2, 0.25) is 0 Å². The van der Waals surface area contributed by atoms with Crippen molar-refractivity contribution >= 4 is 10.1 Å². The molecule has 0 aliphatic carbocycles. The number of rotatable bonds is 8. The molecule has 0 aromatic carbocycles. The summed E-state index contributed by atoms with van der Waals surface area (Å²) in [4.78, 5) is 0.633. The molecular formula is C14H23NO3S. The Kier molecular flexibility index (Phi) is 4.36. The Morgan fingerprint density at radius 2 is 1.95 bits per heavy atom. The average Bonchev–Trinajstić information content (AvgIpc) is 2.89. The van der Waals surface area contributed by atoms with Crippen molar-refractivity contribution in [2.75, 3.05) is 6.54 Å². The molecule has 2 bridgehead atoms. The van der Waals surface area contributed by atoms with Crippen LogP contribution in [-0.2, 0) is 10.1 Å². The highest BCUT2D eigenvalue weighted by atomic mass is 32.2. The fourth-order valence-electron chi connectivity index (χ4n) is 2.92. The summed E-state index contributed by atoms with van der Waals surface area (Å²) in [6.45, 7) is 2.89. The Bertz CT molecular complexity index is 481. The smallest absolute Gasteiger partial charge is 0.293 e. The van der Waals surface area contributed by atoms with Gasteiger partial charge in [-0.2, -0.15) is 8.42 Å². The predicted molar refractivity (Wildman–Crippen MR) is 76.2 cm³/mol. The van der Waals surface area contributed by atoms with Gasteiger partial charge < -0.3 is 4.90 Å². The van der Waals surface area contributed by atoms with Crippen molar-refractivity contribution in [1.29, 1.82) is 0 Å². The number of unbranched alkanes of at least 4 members (excludes halogenated alkanes) is 5. The highest BCUT2D eigenvalue weighted by Gasteiger charge is 2.52. The molecule has 5 heteroatoms. The summed E-state index contributed by atoms with van der Waals surface area (Å²) in [7, 11) is -4.09. The predicted octanol–water partition coefficient (Wildman–Crippen LogP) is 3.09. The van der Waals surface area contributed by atoms with Crippen molar-refractivity contribution in [3.63, 3.8) is 0 Å². The topological polar surface area (TPSA) is 57.6 Å². The third kappa shape index (κ3) is 2.72. The molecule has 1 N–H and O–H groups in total. The molecule has 0 saturated carbocycles. The largest absolute Gasteiger partial charge is 0.347 e. The van der Waals surface area contributed by atoms with E-state index < -0.39 is 15.0 Å². The molecular weight excluding hydrogens is 262 g/mol. The Hall–Kier alpha value is -0.810. The molecule has 0 aromatic rings. The van der Waals surface area contributed by atoms with Crippen LogP contribution in [0.5, 0.6) is 0 Å². The number of allylic oxidation sites excluding steroid dienone is 1. The third-order valence-corrected chi connectivity index (χ3v) is 5.49. The highest BCUT2D eigenvalue weighted by Crippen LogP contribution is 2.43. The molecule has 4 nitrogen and oxygen atoms in total. The van der Waals surface area contributed by atoms with Crippen LogP contribution in [0.4, 0.5) is 0 Å². The average molecular weight is 285 g/mol. The maximum Gasteiger partial charge on any atom is 0.293 e. The van der Waals surface area contributed by atoms with Gasteiger partial charge in [0, 0.05) is 18.7 Å². The Morgan fingerprint density at radius 3 is 2.53 bits per heavy atom. The summed E-state index contributed by atoms with van der Waals surface area (Å²) in [5.74, 6) is 0. The number of nitrogens with zero attached hydrogens (tertiary/aromatic N) is 1. The second-order valence-electron chi connectivity index (χ2n) is 5.41. The third-order valence-electron chi connectivity index (χ3n) is 4.07. The van der Waals surface area contributed by atoms with Gasteiger partial charge in [-0.3, -0.25) is 4.55 Å². The number of hydrogen-bond donors (Lipinski definition) is 1. The molecule has 0 amide bonds. The number of hydrogen-bond acceptors (Lipinski definition) is 3. The van der Waals surface area contributed by atoms with Crippen molar-refractivity contribution in [1.82, 2.24) is 4.90 Å². The van der Waals surface area contributed by atoms with Crippen LogP contribution in [-0.4, -0.2) is 29.3 Å². The van der Waals surface area contributed by atoms with Gasteiger partial charge in [0.05, 0.1) is 0 Å². The van der Waals surface area contributed by atoms with Crippen LogP contribution < -0.4 is 0 Å². The van der Waals surface area contributed by atoms with Crippen molar-refractivity contribution in [3.8, 4) is 0 Å². The Labute approximate surface area is 115 Å². The SMILES string of the molecule is CCCCCCCCN1C2=CCC1(S(=O)(=O)O)C=C2. The molecule has 0 fully saturated rings. The van der Waals surface area contributed by atoms with Gasteiger partial charge >= 0.3 is 0 Å². The maximum atomic E-state index is 11.6. The lowest BCUT2D eigenvalue weighted by atomic mass is 10.1. The Morgan fingerprint density at radius 1 is 1.26 bits per heavy atom. The summed E-state index contributed by atoms with van der Waals surface area (Å²) >= 11 is 0. The zero-order chi connectivity index (χ0) is 13.9. The van der Waals surface area contributed by atoms with E-state index in [9.17, 15) is 13.0 Å². The van der Waals surface area contributed by atoms with Gasteiger partial charge in [-0.1, -0.05) is 45.1 Å². The molecule has 2 aliphatic rings. The van der Waals surface area contributed by atoms with Gasteiger partial charge in [-0.15, -0.1) is 0 Å². The van der Waals surface area contributed by atoms with Crippen molar-refractivity contribution in [2.45, 2.75) is 56.7 Å². The first-order chi connectivity index (χ1) is 9.01. The number of fused-ring (bicyclic) bond motifs is 2. The minimum absolute atomic E-state index is 0.369. The van der Waals surface area contributed by atoms with Crippen LogP contribution >= 0.6 is 0 Å². The first-order valence-electron chi connectivity index (χ1n) is 7.15. The molecule has 108 valence electrons. The first-order valence-corrected chi connectivity index (χ1v) is 8.59. The lowest BCUT2D eigenvalue weighted by Crippen LogP contribution is -2.46. The van der Waals surface area contributed by atoms with Crippen LogP contribution in [0.3, 0.4) is 0 Å². The molecule has 0 radical (unpaired) electrons. The lowest BCUT2D eigenvalue weighted by Gasteiger charge is -2.32. The van der Waals surface area contributed by atoms with Gasteiger partial charge in [-0.25, -0.2) is 0 Å². The van der Waals surface area contributed by atoms with E-state index in [2.05, 4.69) is 6.92 Å². The minimum Gasteiger partial charge on any atom is -0.347 e. The van der Waals surface area contributed by atoms with E-state index in [1.807, 2.05) is 11.0 Å². The summed E-state index contributed by atoms with van der Waals surface area (Å²) in [6, 6.07) is 0. The molecule has 2 heterocycles. The van der Waals surface area contributed by atoms with E-state index in [0.717, 1.165) is 18.5 Å². The summed E-state index contributed by atoms with van der Waals surface area (Å²) in [6.07, 6.45) is 12.7. The summed E-state index contributed by atoms with van der Waals surface area (Å²) < 4.78 is 32.7. The van der Waals surface area contributed by atoms with Crippen molar-refractivity contribution in [2.24, 2.45) is 0 Å². The fraction of sp³-hybridized carbons (Fsp3) is 0.714. The standard InChI is InChI=1S/C14H23NO3S/c1-2-3-4-5-6-7-12-15-13-8-10-14(15,11-9-13)19(16,17)18/h8-10H,2-7,11-12H2,1H3,(H,16,17,18). The second-order valence-corrected chi connectivity index (χ2v) is 7.06. The van der Waals surface area contributed by atoms with E-state index in [1.54, 1.807) is 12.2 Å². The van der Waals surface area contributed by atoms with Crippen LogP contribution in [0.15, 0.2) is 23.9 Å². The zero-order valence-corrected chi connectivity index (χ0v) is 12.3. The monoisotopic (exact) mass is 285 g/mol. The van der Waals surface area contributed by atoms with Gasteiger partial charge in [-0.05, 0) is 18.6 Å². The van der Waals surface area contributed by atoms with E-state index >= 15 is 0 Å². The summed E-state index contributed by atoms with van der Waals surface area (Å²) in [5.41, 5.74) is 0.936. The van der Waals surface area contributed by atoms with Crippen molar-refractivity contribution < 1.29 is 13.0 Å². The molecule has 1 atom stereocenters. The lowest BCUT2D eigenvalue weighted by molar-refractivity contribution is 0.271. The molecule has 19 heavy (non-hydrogen) atoms. The van der Waals surface area contributed by atoms with Crippen LogP contribution in [0, 0.1) is 0 Å². The molecule has 2 aliphatic heterocycles. The van der Waals surface area contributed by atoms with Gasteiger partial charge in [0.1, 0.15) is 0 Å². The second kappa shape index (κ2) is 5.67. The van der Waals surface area contributed by atoms with Gasteiger partial charge in [0.25, 0.3) is 10.1 Å². The van der Waals surface area contributed by atoms with Crippen molar-refractivity contribution in [3.05, 3.63) is 23.9 Å². The quantitative estimate of drug-likeness (QED) is 0.550. The molecule has 2 rings (SSSR count). The fourth-order valence-corrected chi connectivity index (χ4v) is 3.93.